The Morgan fingerprint density at radius 3 is 1.09 bits per heavy atom. The summed E-state index contributed by atoms with van der Waals surface area (Å²) in [7, 11) is -2.56. The summed E-state index contributed by atoms with van der Waals surface area (Å²) >= 11 is 0. The van der Waals surface area contributed by atoms with Crippen molar-refractivity contribution in [3.05, 3.63) is 91.0 Å². The summed E-state index contributed by atoms with van der Waals surface area (Å²) in [5.41, 5.74) is -0.667. The van der Waals surface area contributed by atoms with Gasteiger partial charge < -0.3 is 0 Å². The third kappa shape index (κ3) is 2.41. The number of rotatable bonds is 4. The second-order valence-corrected chi connectivity index (χ2v) is 9.71. The van der Waals surface area contributed by atoms with Gasteiger partial charge in [0.05, 0.1) is 5.73 Å². The summed E-state index contributed by atoms with van der Waals surface area (Å²) in [6.07, 6.45) is 0. The molecule has 2 heteroatoms. The molecule has 1 radical (unpaired) electrons. The van der Waals surface area contributed by atoms with Gasteiger partial charge in [-0.1, -0.05) is 91.0 Å². The Morgan fingerprint density at radius 2 is 0.864 bits per heavy atom. The van der Waals surface area contributed by atoms with Crippen molar-refractivity contribution in [3.8, 4) is 0 Å². The molecule has 0 bridgehead atoms. The van der Waals surface area contributed by atoms with Gasteiger partial charge in [0, 0.05) is 0 Å². The summed E-state index contributed by atoms with van der Waals surface area (Å²) in [5, 5.41) is 16.5. The van der Waals surface area contributed by atoms with E-state index in [0.29, 0.717) is 0 Å². The third-order valence-corrected chi connectivity index (χ3v) is 9.25. The van der Waals surface area contributed by atoms with Crippen LogP contribution in [0.1, 0.15) is 6.92 Å². The second kappa shape index (κ2) is 6.30. The monoisotopic (exact) mass is 303 g/mol. The fraction of sp³-hybridized carbons (Fsp3) is 0.100. The molecule has 0 aliphatic carbocycles. The molecule has 0 amide bonds. The maximum Gasteiger partial charge on any atom is 0.182 e. The molecule has 0 aliphatic heterocycles. The Bertz CT molecular complexity index is 612. The highest BCUT2D eigenvalue weighted by Crippen LogP contribution is 2.12. The Kier molecular flexibility index (Phi) is 4.23. The first-order chi connectivity index (χ1) is 10.8. The topological polar surface area (TPSA) is 19.9 Å². The van der Waals surface area contributed by atoms with Crippen LogP contribution in [0.3, 0.4) is 0 Å². The molecule has 109 valence electrons. The van der Waals surface area contributed by atoms with E-state index < -0.39 is 13.8 Å². The van der Waals surface area contributed by atoms with Gasteiger partial charge in [0.1, 0.15) is 0 Å². The standard InChI is InChI=1S/C20H19OSi/c1-17(21)22(18-11-5-2-6-12-18,19-13-7-3-8-14-19)20-15-9-4-10-16-20/h2-17H,1H3. The predicted octanol–water partition coefficient (Wildman–Crippen LogP) is 2.52. The zero-order valence-corrected chi connectivity index (χ0v) is 13.6. The molecule has 1 nitrogen and oxygen atoms in total. The quantitative estimate of drug-likeness (QED) is 0.521. The highest BCUT2D eigenvalue weighted by molar-refractivity contribution is 7.12. The molecule has 0 spiro atoms. The predicted molar refractivity (Wildman–Crippen MR) is 94.1 cm³/mol. The van der Waals surface area contributed by atoms with Crippen molar-refractivity contribution < 1.29 is 5.11 Å². The summed E-state index contributed by atoms with van der Waals surface area (Å²) in [6.45, 7) is 1.82. The minimum atomic E-state index is -2.56. The molecule has 0 saturated carbocycles. The van der Waals surface area contributed by atoms with Gasteiger partial charge in [-0.05, 0) is 22.5 Å². The van der Waals surface area contributed by atoms with Crippen LogP contribution in [0.2, 0.25) is 0 Å². The molecular formula is C20H19OSi. The van der Waals surface area contributed by atoms with E-state index >= 15 is 0 Å². The summed E-state index contributed by atoms with van der Waals surface area (Å²) in [5.74, 6) is 0. The lowest BCUT2D eigenvalue weighted by Gasteiger charge is -2.35. The zero-order valence-electron chi connectivity index (χ0n) is 12.6. The minimum Gasteiger partial charge on any atom is -0.236 e. The Morgan fingerprint density at radius 1 is 0.591 bits per heavy atom. The van der Waals surface area contributed by atoms with Crippen LogP contribution in [0.5, 0.6) is 0 Å². The molecule has 0 saturated heterocycles. The van der Waals surface area contributed by atoms with Gasteiger partial charge >= 0.3 is 0 Å². The van der Waals surface area contributed by atoms with Gasteiger partial charge in [-0.2, -0.15) is 0 Å². The van der Waals surface area contributed by atoms with Crippen LogP contribution in [0.25, 0.3) is 0 Å². The van der Waals surface area contributed by atoms with Crippen molar-refractivity contribution in [2.75, 3.05) is 0 Å². The van der Waals surface area contributed by atoms with Gasteiger partial charge in [-0.15, -0.1) is 0 Å². The molecule has 0 heterocycles. The Balaban J connectivity index is 2.34. The minimum absolute atomic E-state index is 0.667. The fourth-order valence-corrected chi connectivity index (χ4v) is 7.87. The van der Waals surface area contributed by atoms with Crippen LogP contribution in [-0.4, -0.2) is 13.8 Å². The van der Waals surface area contributed by atoms with Gasteiger partial charge in [-0.25, -0.2) is 5.11 Å². The zero-order chi connectivity index (χ0) is 15.4. The summed E-state index contributed by atoms with van der Waals surface area (Å²) in [6, 6.07) is 30.9. The first-order valence-electron chi connectivity index (χ1n) is 7.58. The van der Waals surface area contributed by atoms with Gasteiger partial charge in [0.15, 0.2) is 8.07 Å². The lowest BCUT2D eigenvalue weighted by Crippen LogP contribution is -2.73. The number of hydrogen-bond acceptors (Lipinski definition) is 0. The molecule has 3 rings (SSSR count). The van der Waals surface area contributed by atoms with Crippen molar-refractivity contribution in [3.63, 3.8) is 0 Å². The van der Waals surface area contributed by atoms with E-state index in [4.69, 9.17) is 0 Å². The van der Waals surface area contributed by atoms with E-state index in [1.54, 1.807) is 0 Å². The van der Waals surface area contributed by atoms with Crippen LogP contribution in [0.15, 0.2) is 91.0 Å². The highest BCUT2D eigenvalue weighted by atomic mass is 28.3. The number of hydrogen-bond donors (Lipinski definition) is 0. The van der Waals surface area contributed by atoms with Crippen LogP contribution < -0.4 is 15.6 Å². The lowest BCUT2D eigenvalue weighted by atomic mass is 10.3. The van der Waals surface area contributed by atoms with Crippen LogP contribution in [0, 0.1) is 0 Å². The van der Waals surface area contributed by atoms with E-state index in [1.165, 1.54) is 15.6 Å². The molecule has 3 aromatic carbocycles. The lowest BCUT2D eigenvalue weighted by molar-refractivity contribution is 0.167. The largest absolute Gasteiger partial charge is 0.236 e. The van der Waals surface area contributed by atoms with Crippen molar-refractivity contribution in [2.24, 2.45) is 0 Å². The molecule has 0 N–H and O–H groups in total. The third-order valence-electron chi connectivity index (χ3n) is 4.30. The SMILES string of the molecule is CC([O])[Si](c1ccccc1)(c1ccccc1)c1ccccc1. The highest BCUT2D eigenvalue weighted by Gasteiger charge is 2.44. The normalized spacial score (nSPS) is 12.8. The molecular weight excluding hydrogens is 284 g/mol. The summed E-state index contributed by atoms with van der Waals surface area (Å²) < 4.78 is 0. The molecule has 1 atom stereocenters. The van der Waals surface area contributed by atoms with Crippen LogP contribution >= 0.6 is 0 Å². The van der Waals surface area contributed by atoms with Gasteiger partial charge in [0.25, 0.3) is 0 Å². The molecule has 1 unspecified atom stereocenters. The maximum atomic E-state index is 13.0. The van der Waals surface area contributed by atoms with E-state index in [-0.39, 0.29) is 0 Å². The molecule has 22 heavy (non-hydrogen) atoms. The van der Waals surface area contributed by atoms with Crippen molar-refractivity contribution in [1.82, 2.24) is 0 Å². The average molecular weight is 303 g/mol. The Hall–Kier alpha value is -2.16. The van der Waals surface area contributed by atoms with Crippen molar-refractivity contribution in [2.45, 2.75) is 12.7 Å². The number of benzene rings is 3. The van der Waals surface area contributed by atoms with E-state index in [0.717, 1.165) is 0 Å². The fourth-order valence-electron chi connectivity index (χ4n) is 3.31. The van der Waals surface area contributed by atoms with Gasteiger partial charge in [-0.3, -0.25) is 0 Å². The average Bonchev–Trinajstić information content (AvgIpc) is 2.58. The van der Waals surface area contributed by atoms with Crippen LogP contribution in [-0.2, 0) is 5.11 Å². The molecule has 0 aromatic heterocycles. The second-order valence-electron chi connectivity index (χ2n) is 5.55. The maximum absolute atomic E-state index is 13.0. The smallest absolute Gasteiger partial charge is 0.182 e. The first kappa shape index (κ1) is 14.8. The Labute approximate surface area is 132 Å². The first-order valence-corrected chi connectivity index (χ1v) is 9.66. The van der Waals surface area contributed by atoms with E-state index in [2.05, 4.69) is 36.4 Å². The van der Waals surface area contributed by atoms with Crippen LogP contribution in [0.4, 0.5) is 0 Å². The van der Waals surface area contributed by atoms with Gasteiger partial charge in [0.2, 0.25) is 0 Å². The van der Waals surface area contributed by atoms with Crippen molar-refractivity contribution >= 4 is 23.6 Å². The summed E-state index contributed by atoms with van der Waals surface area (Å²) in [4.78, 5) is 0. The van der Waals surface area contributed by atoms with E-state index in [1.807, 2.05) is 61.5 Å². The van der Waals surface area contributed by atoms with E-state index in [9.17, 15) is 5.11 Å². The molecule has 3 aromatic rings. The molecule has 0 fully saturated rings. The van der Waals surface area contributed by atoms with Crippen molar-refractivity contribution in [1.29, 1.82) is 0 Å². The molecule has 0 aliphatic rings.